The lowest BCUT2D eigenvalue weighted by molar-refractivity contribution is 0.117. The van der Waals surface area contributed by atoms with E-state index in [1.165, 1.54) is 0 Å². The molecule has 0 bridgehead atoms. The number of rotatable bonds is 4. The second-order valence-electron chi connectivity index (χ2n) is 8.46. The van der Waals surface area contributed by atoms with E-state index in [0.29, 0.717) is 33.1 Å². The van der Waals surface area contributed by atoms with Crippen LogP contribution >= 0.6 is 11.6 Å². The normalized spacial score (nSPS) is 13.2. The van der Waals surface area contributed by atoms with Crippen molar-refractivity contribution in [2.24, 2.45) is 14.1 Å². The first-order valence-corrected chi connectivity index (χ1v) is 11.2. The molecular weight excluding hydrogens is 448 g/mol. The lowest BCUT2D eigenvalue weighted by atomic mass is 9.82. The van der Waals surface area contributed by atoms with E-state index in [0.717, 1.165) is 16.6 Å². The molecule has 1 N–H and O–H groups in total. The molecule has 1 unspecified atom stereocenters. The van der Waals surface area contributed by atoms with Gasteiger partial charge in [-0.3, -0.25) is 9.78 Å². The highest BCUT2D eigenvalue weighted by molar-refractivity contribution is 6.30. The zero-order valence-electron chi connectivity index (χ0n) is 19.0. The van der Waals surface area contributed by atoms with Gasteiger partial charge in [0.15, 0.2) is 5.60 Å². The number of fused-ring (bicyclic) bond motifs is 1. The third kappa shape index (κ3) is 3.52. The Morgan fingerprint density at radius 2 is 1.71 bits per heavy atom. The average Bonchev–Trinajstić information content (AvgIpc) is 3.27. The Morgan fingerprint density at radius 1 is 0.971 bits per heavy atom. The van der Waals surface area contributed by atoms with Gasteiger partial charge in [0.05, 0.1) is 29.4 Å². The van der Waals surface area contributed by atoms with E-state index in [1.54, 1.807) is 46.9 Å². The molecule has 1 atom stereocenters. The van der Waals surface area contributed by atoms with Crippen LogP contribution in [0.25, 0.3) is 22.2 Å². The Morgan fingerprint density at radius 3 is 2.38 bits per heavy atom. The van der Waals surface area contributed by atoms with Crippen LogP contribution in [0.4, 0.5) is 0 Å². The summed E-state index contributed by atoms with van der Waals surface area (Å²) in [4.78, 5) is 21.6. The highest BCUT2D eigenvalue weighted by atomic mass is 35.5. The fourth-order valence-electron chi connectivity index (χ4n) is 4.45. The zero-order chi connectivity index (χ0) is 24.0. The van der Waals surface area contributed by atoms with Gasteiger partial charge in [0.25, 0.3) is 5.56 Å². The largest absolute Gasteiger partial charge is 0.374 e. The number of hydrogen-bond donors (Lipinski definition) is 1. The molecule has 2 aromatic carbocycles. The van der Waals surface area contributed by atoms with Crippen LogP contribution in [0.15, 0.2) is 84.0 Å². The molecule has 5 aromatic rings. The van der Waals surface area contributed by atoms with Gasteiger partial charge in [0, 0.05) is 41.8 Å². The second kappa shape index (κ2) is 8.24. The number of nitrogens with zero attached hydrogens (tertiary/aromatic N) is 4. The summed E-state index contributed by atoms with van der Waals surface area (Å²) in [6, 6.07) is 20.1. The number of hydrogen-bond acceptors (Lipinski definition) is 4. The Balaban J connectivity index is 1.84. The molecule has 0 amide bonds. The van der Waals surface area contributed by atoms with E-state index in [9.17, 15) is 9.90 Å². The third-order valence-electron chi connectivity index (χ3n) is 6.28. The maximum Gasteiger partial charge on any atom is 0.251 e. The Hall–Kier alpha value is -3.74. The summed E-state index contributed by atoms with van der Waals surface area (Å²) in [6.07, 6.45) is 3.31. The molecule has 0 spiro atoms. The lowest BCUT2D eigenvalue weighted by Crippen LogP contribution is -2.31. The standard InChI is InChI=1S/C27H23ClN4O2/c1-17-5-4-6-23(30-17)21-14-26(33)32(3)24-12-9-19(13-22(21)24)27(34,25-15-29-16-31(25)2)18-7-10-20(28)11-8-18/h4-16,34H,1-3H3. The van der Waals surface area contributed by atoms with Crippen molar-refractivity contribution in [2.45, 2.75) is 12.5 Å². The van der Waals surface area contributed by atoms with Crippen molar-refractivity contribution in [3.8, 4) is 11.3 Å². The van der Waals surface area contributed by atoms with Crippen LogP contribution in [0.3, 0.4) is 0 Å². The molecule has 7 heteroatoms. The van der Waals surface area contributed by atoms with Crippen molar-refractivity contribution < 1.29 is 5.11 Å². The SMILES string of the molecule is Cc1cccc(-c2cc(=O)n(C)c3ccc(C(O)(c4ccc(Cl)cc4)c4cncn4C)cc23)n1. The van der Waals surface area contributed by atoms with Crippen LogP contribution in [-0.4, -0.2) is 24.2 Å². The summed E-state index contributed by atoms with van der Waals surface area (Å²) in [5, 5.41) is 13.7. The number of halogens is 1. The number of benzene rings is 2. The van der Waals surface area contributed by atoms with Gasteiger partial charge >= 0.3 is 0 Å². The van der Waals surface area contributed by atoms with E-state index in [4.69, 9.17) is 11.6 Å². The van der Waals surface area contributed by atoms with Crippen LogP contribution in [0.5, 0.6) is 0 Å². The van der Waals surface area contributed by atoms with Gasteiger partial charge in [0.1, 0.15) is 0 Å². The quantitative estimate of drug-likeness (QED) is 0.417. The molecule has 0 saturated carbocycles. The molecule has 0 aliphatic rings. The summed E-state index contributed by atoms with van der Waals surface area (Å²) in [6.45, 7) is 1.92. The molecule has 6 nitrogen and oxygen atoms in total. The van der Waals surface area contributed by atoms with Crippen LogP contribution in [0, 0.1) is 6.92 Å². The zero-order valence-corrected chi connectivity index (χ0v) is 19.8. The highest BCUT2D eigenvalue weighted by Crippen LogP contribution is 2.39. The number of aliphatic hydroxyl groups is 1. The number of aromatic nitrogens is 4. The fraction of sp³-hybridized carbons (Fsp3) is 0.148. The Bertz CT molecular complexity index is 1590. The van der Waals surface area contributed by atoms with Crippen molar-refractivity contribution in [1.82, 2.24) is 19.1 Å². The summed E-state index contributed by atoms with van der Waals surface area (Å²) < 4.78 is 3.40. The second-order valence-corrected chi connectivity index (χ2v) is 8.89. The van der Waals surface area contributed by atoms with Gasteiger partial charge in [-0.25, -0.2) is 4.98 Å². The average molecular weight is 471 g/mol. The van der Waals surface area contributed by atoms with E-state index >= 15 is 0 Å². The summed E-state index contributed by atoms with van der Waals surface area (Å²) in [5.74, 6) is 0. The van der Waals surface area contributed by atoms with Gasteiger partial charge in [0.2, 0.25) is 0 Å². The topological polar surface area (TPSA) is 72.9 Å². The minimum Gasteiger partial charge on any atom is -0.374 e. The van der Waals surface area contributed by atoms with E-state index in [-0.39, 0.29) is 5.56 Å². The molecule has 34 heavy (non-hydrogen) atoms. The summed E-state index contributed by atoms with van der Waals surface area (Å²) >= 11 is 6.14. The van der Waals surface area contributed by atoms with Crippen molar-refractivity contribution in [3.05, 3.63) is 117 Å². The smallest absolute Gasteiger partial charge is 0.251 e. The minimum absolute atomic E-state index is 0.127. The van der Waals surface area contributed by atoms with Gasteiger partial charge in [-0.1, -0.05) is 35.9 Å². The van der Waals surface area contributed by atoms with E-state index in [1.807, 2.05) is 62.5 Å². The number of imidazole rings is 1. The van der Waals surface area contributed by atoms with Crippen molar-refractivity contribution >= 4 is 22.5 Å². The number of pyridine rings is 2. The summed E-state index contributed by atoms with van der Waals surface area (Å²) in [7, 11) is 3.58. The molecule has 3 aromatic heterocycles. The van der Waals surface area contributed by atoms with Gasteiger partial charge in [-0.15, -0.1) is 0 Å². The molecule has 0 radical (unpaired) electrons. The molecule has 3 heterocycles. The fourth-order valence-corrected chi connectivity index (χ4v) is 4.58. The molecule has 170 valence electrons. The van der Waals surface area contributed by atoms with Crippen LogP contribution < -0.4 is 5.56 Å². The predicted molar refractivity (Wildman–Crippen MR) is 134 cm³/mol. The maximum atomic E-state index is 12.7. The maximum absolute atomic E-state index is 12.7. The van der Waals surface area contributed by atoms with E-state index in [2.05, 4.69) is 9.97 Å². The molecule has 0 fully saturated rings. The molecule has 5 rings (SSSR count). The third-order valence-corrected chi connectivity index (χ3v) is 6.53. The van der Waals surface area contributed by atoms with Crippen LogP contribution in [0.2, 0.25) is 5.02 Å². The van der Waals surface area contributed by atoms with Crippen molar-refractivity contribution in [2.75, 3.05) is 0 Å². The first-order valence-electron chi connectivity index (χ1n) is 10.8. The number of aryl methyl sites for hydroxylation is 3. The van der Waals surface area contributed by atoms with Gasteiger partial charge < -0.3 is 14.2 Å². The van der Waals surface area contributed by atoms with Gasteiger partial charge in [-0.2, -0.15) is 0 Å². The first-order chi connectivity index (χ1) is 16.3. The minimum atomic E-state index is -1.50. The monoisotopic (exact) mass is 470 g/mol. The van der Waals surface area contributed by atoms with E-state index < -0.39 is 5.60 Å². The highest BCUT2D eigenvalue weighted by Gasteiger charge is 2.37. The molecule has 0 aliphatic heterocycles. The molecule has 0 saturated heterocycles. The summed E-state index contributed by atoms with van der Waals surface area (Å²) in [5.41, 5.74) is 3.29. The van der Waals surface area contributed by atoms with Gasteiger partial charge in [-0.05, 0) is 54.4 Å². The first kappa shape index (κ1) is 22.1. The lowest BCUT2D eigenvalue weighted by Gasteiger charge is -2.30. The predicted octanol–water partition coefficient (Wildman–Crippen LogP) is 4.58. The Kier molecular flexibility index (Phi) is 5.35. The van der Waals surface area contributed by atoms with Crippen molar-refractivity contribution in [3.63, 3.8) is 0 Å². The molecule has 0 aliphatic carbocycles. The van der Waals surface area contributed by atoms with Crippen LogP contribution in [0.1, 0.15) is 22.5 Å². The van der Waals surface area contributed by atoms with Crippen molar-refractivity contribution in [1.29, 1.82) is 0 Å². The molecular formula is C27H23ClN4O2. The van der Waals surface area contributed by atoms with Crippen LogP contribution in [-0.2, 0) is 19.7 Å². The Labute approximate surface area is 201 Å².